The van der Waals surface area contributed by atoms with E-state index in [4.69, 9.17) is 0 Å². The molecule has 6 rings (SSSR count). The van der Waals surface area contributed by atoms with Gasteiger partial charge in [0.05, 0.1) is 0 Å². The van der Waals surface area contributed by atoms with Crippen molar-refractivity contribution in [3.8, 4) is 0 Å². The highest BCUT2D eigenvalue weighted by Gasteiger charge is 2.44. The van der Waals surface area contributed by atoms with Crippen LogP contribution < -0.4 is 0 Å². The van der Waals surface area contributed by atoms with Gasteiger partial charge in [0.2, 0.25) is 0 Å². The first kappa shape index (κ1) is 16.4. The van der Waals surface area contributed by atoms with Crippen LogP contribution in [0.2, 0.25) is 0 Å². The van der Waals surface area contributed by atoms with Crippen LogP contribution in [0.25, 0.3) is 0 Å². The van der Waals surface area contributed by atoms with Crippen LogP contribution in [0.15, 0.2) is 35.7 Å². The number of carbonyl (C=O) groups excluding carboxylic acids is 1. The van der Waals surface area contributed by atoms with E-state index < -0.39 is 0 Å². The lowest BCUT2D eigenvalue weighted by Gasteiger charge is -2.39. The second-order valence-corrected chi connectivity index (χ2v) is 9.13. The van der Waals surface area contributed by atoms with E-state index in [-0.39, 0.29) is 5.91 Å². The van der Waals surface area contributed by atoms with Crippen LogP contribution in [0.3, 0.4) is 0 Å². The third kappa shape index (κ3) is 3.15. The number of aromatic nitrogens is 3. The zero-order valence-corrected chi connectivity index (χ0v) is 15.6. The predicted octanol–water partition coefficient (Wildman–Crippen LogP) is 3.75. The zero-order valence-electron chi connectivity index (χ0n) is 14.8. The minimum Gasteiger partial charge on any atom is -0.335 e. The number of fused-ring (bicyclic) bond motifs is 1. The lowest BCUT2D eigenvalue weighted by molar-refractivity contribution is 0.0632. The number of nitrogens with one attached hydrogen (secondary N) is 1. The summed E-state index contributed by atoms with van der Waals surface area (Å²) in [5.74, 6) is 3.52. The molecule has 4 aliphatic rings. The molecular weight excluding hydrogens is 344 g/mol. The van der Waals surface area contributed by atoms with Crippen LogP contribution in [-0.2, 0) is 5.75 Å². The second kappa shape index (κ2) is 6.72. The molecule has 1 aromatic carbocycles. The van der Waals surface area contributed by atoms with E-state index in [0.29, 0.717) is 6.04 Å². The first-order valence-corrected chi connectivity index (χ1v) is 10.6. The Morgan fingerprint density at radius 3 is 2.50 bits per heavy atom. The molecule has 5 nitrogen and oxygen atoms in total. The molecule has 0 radical (unpaired) electrons. The predicted molar refractivity (Wildman–Crippen MR) is 101 cm³/mol. The van der Waals surface area contributed by atoms with Gasteiger partial charge in [-0.1, -0.05) is 23.9 Å². The van der Waals surface area contributed by atoms with Gasteiger partial charge in [-0.2, -0.15) is 5.10 Å². The van der Waals surface area contributed by atoms with Gasteiger partial charge in [0.25, 0.3) is 5.91 Å². The molecular formula is C20H24N4OS. The average Bonchev–Trinajstić information content (AvgIpc) is 3.09. The van der Waals surface area contributed by atoms with Crippen molar-refractivity contribution in [2.75, 3.05) is 6.54 Å². The van der Waals surface area contributed by atoms with Gasteiger partial charge in [-0.3, -0.25) is 9.89 Å². The van der Waals surface area contributed by atoms with E-state index in [9.17, 15) is 4.79 Å². The molecule has 2 saturated carbocycles. The number of rotatable bonds is 4. The van der Waals surface area contributed by atoms with Crippen molar-refractivity contribution >= 4 is 17.7 Å². The van der Waals surface area contributed by atoms with E-state index in [0.717, 1.165) is 40.8 Å². The number of benzene rings is 1. The monoisotopic (exact) mass is 368 g/mol. The third-order valence-electron chi connectivity index (χ3n) is 6.34. The second-order valence-electron chi connectivity index (χ2n) is 8.16. The number of nitrogens with zero attached hydrogens (tertiary/aromatic N) is 3. The molecule has 2 aliphatic heterocycles. The summed E-state index contributed by atoms with van der Waals surface area (Å²) in [6.07, 6.45) is 8.07. The van der Waals surface area contributed by atoms with Gasteiger partial charge in [0.1, 0.15) is 6.33 Å². The standard InChI is InChI=1S/C20H24N4OS/c25-19(24-10-16-6-14-5-15(7-16)9-18(24)8-14)17-3-1-13(2-4-17)11-26-20-21-12-22-23-20/h1-4,12,14-16,18H,5-11H2,(H,21,22,23). The first-order valence-electron chi connectivity index (χ1n) is 9.62. The topological polar surface area (TPSA) is 61.9 Å². The fourth-order valence-electron chi connectivity index (χ4n) is 5.36. The Morgan fingerprint density at radius 2 is 1.81 bits per heavy atom. The van der Waals surface area contributed by atoms with E-state index in [1.807, 2.05) is 12.1 Å². The van der Waals surface area contributed by atoms with Crippen molar-refractivity contribution in [3.05, 3.63) is 41.7 Å². The molecule has 2 atom stereocenters. The summed E-state index contributed by atoms with van der Waals surface area (Å²) in [4.78, 5) is 19.5. The molecule has 136 valence electrons. The molecule has 0 spiro atoms. The highest BCUT2D eigenvalue weighted by molar-refractivity contribution is 7.98. The van der Waals surface area contributed by atoms with Crippen molar-refractivity contribution in [1.82, 2.24) is 20.1 Å². The van der Waals surface area contributed by atoms with E-state index in [1.54, 1.807) is 11.8 Å². The summed E-state index contributed by atoms with van der Waals surface area (Å²) in [6, 6.07) is 8.60. The van der Waals surface area contributed by atoms with Crippen LogP contribution in [0.5, 0.6) is 0 Å². The van der Waals surface area contributed by atoms with Crippen molar-refractivity contribution < 1.29 is 4.79 Å². The molecule has 6 heteroatoms. The van der Waals surface area contributed by atoms with Gasteiger partial charge in [-0.25, -0.2) is 4.98 Å². The van der Waals surface area contributed by atoms with Crippen LogP contribution in [0, 0.1) is 17.8 Å². The Morgan fingerprint density at radius 1 is 1.08 bits per heavy atom. The van der Waals surface area contributed by atoms with Gasteiger partial charge in [-0.15, -0.1) is 0 Å². The Labute approximate surface area is 158 Å². The normalized spacial score (nSPS) is 29.8. The fraction of sp³-hybridized carbons (Fsp3) is 0.550. The number of hydrogen-bond donors (Lipinski definition) is 1. The summed E-state index contributed by atoms with van der Waals surface area (Å²) in [6.45, 7) is 0.972. The van der Waals surface area contributed by atoms with Crippen molar-refractivity contribution in [2.24, 2.45) is 17.8 Å². The molecule has 2 aliphatic carbocycles. The lowest BCUT2D eigenvalue weighted by atomic mass is 9.68. The first-order chi connectivity index (χ1) is 12.7. The Kier molecular flexibility index (Phi) is 4.23. The highest BCUT2D eigenvalue weighted by Crippen LogP contribution is 2.47. The largest absolute Gasteiger partial charge is 0.335 e. The maximum Gasteiger partial charge on any atom is 0.254 e. The summed E-state index contributed by atoms with van der Waals surface area (Å²) in [5, 5.41) is 7.53. The average molecular weight is 369 g/mol. The summed E-state index contributed by atoms with van der Waals surface area (Å²) >= 11 is 1.62. The molecule has 1 amide bonds. The zero-order chi connectivity index (χ0) is 17.5. The summed E-state index contributed by atoms with van der Waals surface area (Å²) in [7, 11) is 0. The van der Waals surface area contributed by atoms with E-state index >= 15 is 0 Å². The molecule has 1 N–H and O–H groups in total. The molecule has 4 fully saturated rings. The number of carbonyl (C=O) groups is 1. The van der Waals surface area contributed by atoms with Gasteiger partial charge in [-0.05, 0) is 67.6 Å². The molecule has 3 heterocycles. The molecule has 2 aromatic rings. The highest BCUT2D eigenvalue weighted by atomic mass is 32.2. The Hall–Kier alpha value is -1.82. The van der Waals surface area contributed by atoms with Gasteiger partial charge < -0.3 is 4.90 Å². The fourth-order valence-corrected chi connectivity index (χ4v) is 6.09. The lowest BCUT2D eigenvalue weighted by Crippen LogP contribution is -2.42. The molecule has 2 unspecified atom stereocenters. The van der Waals surface area contributed by atoms with Crippen LogP contribution >= 0.6 is 11.8 Å². The van der Waals surface area contributed by atoms with Gasteiger partial charge >= 0.3 is 0 Å². The SMILES string of the molecule is O=C(c1ccc(CSc2ncn[nH]2)cc1)N1CC2CC3CC(C2)CC1C3. The van der Waals surface area contributed by atoms with Crippen LogP contribution in [-0.4, -0.2) is 38.6 Å². The van der Waals surface area contributed by atoms with Crippen molar-refractivity contribution in [2.45, 2.75) is 49.1 Å². The smallest absolute Gasteiger partial charge is 0.254 e. The van der Waals surface area contributed by atoms with E-state index in [2.05, 4.69) is 32.2 Å². The number of H-pyrrole nitrogens is 1. The minimum atomic E-state index is 0.234. The summed E-state index contributed by atoms with van der Waals surface area (Å²) in [5.41, 5.74) is 2.03. The Balaban J connectivity index is 1.28. The maximum atomic E-state index is 13.2. The van der Waals surface area contributed by atoms with Crippen molar-refractivity contribution in [3.63, 3.8) is 0 Å². The molecule has 4 bridgehead atoms. The summed E-state index contributed by atoms with van der Waals surface area (Å²) < 4.78 is 0. The van der Waals surface area contributed by atoms with Gasteiger partial charge in [0, 0.05) is 23.9 Å². The quantitative estimate of drug-likeness (QED) is 0.835. The van der Waals surface area contributed by atoms with Crippen LogP contribution in [0.1, 0.15) is 48.0 Å². The van der Waals surface area contributed by atoms with E-state index in [1.165, 1.54) is 44.0 Å². The molecule has 2 saturated heterocycles. The van der Waals surface area contributed by atoms with Gasteiger partial charge in [0.15, 0.2) is 5.16 Å². The number of hydrogen-bond acceptors (Lipinski definition) is 4. The minimum absolute atomic E-state index is 0.234. The number of aromatic amines is 1. The molecule has 1 aromatic heterocycles. The number of thioether (sulfide) groups is 1. The maximum absolute atomic E-state index is 13.2. The van der Waals surface area contributed by atoms with Crippen molar-refractivity contribution in [1.29, 1.82) is 0 Å². The third-order valence-corrected chi connectivity index (χ3v) is 7.28. The number of amides is 1. The Bertz CT molecular complexity index is 762. The molecule has 26 heavy (non-hydrogen) atoms. The van der Waals surface area contributed by atoms with Crippen LogP contribution in [0.4, 0.5) is 0 Å².